The second-order valence-corrected chi connectivity index (χ2v) is 4.12. The smallest absolute Gasteiger partial charge is 0.0633 e. The van der Waals surface area contributed by atoms with Crippen molar-refractivity contribution in [2.24, 2.45) is 17.3 Å². The van der Waals surface area contributed by atoms with Crippen LogP contribution in [0, 0.1) is 17.3 Å². The molecule has 56 valence electrons. The highest BCUT2D eigenvalue weighted by Gasteiger charge is 2.55. The van der Waals surface area contributed by atoms with Crippen molar-refractivity contribution in [2.75, 3.05) is 0 Å². The maximum Gasteiger partial charge on any atom is 0.0633 e. The topological polar surface area (TPSA) is 20.2 Å². The van der Waals surface area contributed by atoms with Gasteiger partial charge in [0.2, 0.25) is 0 Å². The van der Waals surface area contributed by atoms with Crippen molar-refractivity contribution < 1.29 is 5.11 Å². The summed E-state index contributed by atoms with van der Waals surface area (Å²) in [5, 5.41) is 9.61. The molecule has 10 heavy (non-hydrogen) atoms. The Hall–Kier alpha value is -0.300. The Morgan fingerprint density at radius 1 is 1.50 bits per heavy atom. The normalized spacial score (nSPS) is 48.5. The van der Waals surface area contributed by atoms with Gasteiger partial charge in [0.25, 0.3) is 0 Å². The molecule has 1 heteroatoms. The molecule has 0 bridgehead atoms. The maximum absolute atomic E-state index is 9.61. The quantitative estimate of drug-likeness (QED) is 0.504. The molecular formula is C9H14O. The van der Waals surface area contributed by atoms with E-state index in [-0.39, 0.29) is 11.5 Å². The van der Waals surface area contributed by atoms with Crippen molar-refractivity contribution in [2.45, 2.75) is 26.4 Å². The number of allylic oxidation sites excluding steroid dienone is 2. The lowest BCUT2D eigenvalue weighted by Crippen LogP contribution is -2.55. The molecule has 1 fully saturated rings. The molecule has 0 aromatic rings. The molecule has 3 atom stereocenters. The lowest BCUT2D eigenvalue weighted by atomic mass is 9.55. The molecule has 2 aliphatic carbocycles. The zero-order chi connectivity index (χ0) is 7.35. The van der Waals surface area contributed by atoms with Crippen molar-refractivity contribution >= 4 is 0 Å². The fourth-order valence-electron chi connectivity index (χ4n) is 2.43. The largest absolute Gasteiger partial charge is 0.392 e. The molecule has 0 heterocycles. The van der Waals surface area contributed by atoms with Gasteiger partial charge in [0.1, 0.15) is 0 Å². The van der Waals surface area contributed by atoms with Crippen LogP contribution in [0.25, 0.3) is 0 Å². The first-order valence-electron chi connectivity index (χ1n) is 3.99. The minimum atomic E-state index is -0.0625. The first-order chi connectivity index (χ1) is 4.64. The molecule has 1 saturated carbocycles. The second-order valence-electron chi connectivity index (χ2n) is 4.12. The predicted molar refractivity (Wildman–Crippen MR) is 40.5 cm³/mol. The van der Waals surface area contributed by atoms with Crippen LogP contribution in [0.2, 0.25) is 0 Å². The van der Waals surface area contributed by atoms with Crippen molar-refractivity contribution in [1.82, 2.24) is 0 Å². The lowest BCUT2D eigenvalue weighted by Gasteiger charge is -2.52. The molecule has 0 aliphatic heterocycles. The standard InChI is InChI=1S/C9H14O/c1-9(2)7-5-3-4-6(7)8(9)10/h3,5-8,10H,4H2,1-2H3/t6-,7+,8-/m1/s1. The van der Waals surface area contributed by atoms with Gasteiger partial charge < -0.3 is 5.11 Å². The number of hydrogen-bond donors (Lipinski definition) is 1. The molecule has 0 unspecified atom stereocenters. The third-order valence-electron chi connectivity index (χ3n) is 3.24. The summed E-state index contributed by atoms with van der Waals surface area (Å²) in [7, 11) is 0. The fourth-order valence-corrected chi connectivity index (χ4v) is 2.43. The summed E-state index contributed by atoms with van der Waals surface area (Å²) < 4.78 is 0. The molecule has 0 aromatic heterocycles. The summed E-state index contributed by atoms with van der Waals surface area (Å²) in [4.78, 5) is 0. The van der Waals surface area contributed by atoms with Gasteiger partial charge in [-0.2, -0.15) is 0 Å². The highest BCUT2D eigenvalue weighted by molar-refractivity contribution is 5.18. The van der Waals surface area contributed by atoms with Crippen molar-refractivity contribution in [3.8, 4) is 0 Å². The van der Waals surface area contributed by atoms with E-state index < -0.39 is 0 Å². The zero-order valence-electron chi connectivity index (χ0n) is 6.54. The van der Waals surface area contributed by atoms with Crippen molar-refractivity contribution in [3.63, 3.8) is 0 Å². The van der Waals surface area contributed by atoms with Gasteiger partial charge >= 0.3 is 0 Å². The predicted octanol–water partition coefficient (Wildman–Crippen LogP) is 1.58. The van der Waals surface area contributed by atoms with E-state index in [4.69, 9.17) is 0 Å². The van der Waals surface area contributed by atoms with Crippen LogP contribution < -0.4 is 0 Å². The Labute approximate surface area is 61.8 Å². The molecule has 0 spiro atoms. The van der Waals surface area contributed by atoms with Gasteiger partial charge in [-0.25, -0.2) is 0 Å². The summed E-state index contributed by atoms with van der Waals surface area (Å²) in [6.07, 6.45) is 5.49. The average molecular weight is 138 g/mol. The first kappa shape index (κ1) is 6.41. The van der Waals surface area contributed by atoms with Crippen LogP contribution in [0.3, 0.4) is 0 Å². The summed E-state index contributed by atoms with van der Waals surface area (Å²) >= 11 is 0. The Morgan fingerprint density at radius 2 is 2.20 bits per heavy atom. The second kappa shape index (κ2) is 1.65. The molecule has 0 amide bonds. The Morgan fingerprint density at radius 3 is 2.80 bits per heavy atom. The molecule has 1 nitrogen and oxygen atoms in total. The van der Waals surface area contributed by atoms with Crippen molar-refractivity contribution in [1.29, 1.82) is 0 Å². The van der Waals surface area contributed by atoms with E-state index in [0.29, 0.717) is 11.8 Å². The zero-order valence-corrected chi connectivity index (χ0v) is 6.54. The molecule has 1 N–H and O–H groups in total. The number of aliphatic hydroxyl groups is 1. The van der Waals surface area contributed by atoms with Gasteiger partial charge in [-0.05, 0) is 23.7 Å². The van der Waals surface area contributed by atoms with E-state index in [1.54, 1.807) is 0 Å². The third kappa shape index (κ3) is 0.523. The highest BCUT2D eigenvalue weighted by atomic mass is 16.3. The highest BCUT2D eigenvalue weighted by Crippen LogP contribution is 2.55. The van der Waals surface area contributed by atoms with E-state index in [1.807, 2.05) is 0 Å². The summed E-state index contributed by atoms with van der Waals surface area (Å²) in [5.74, 6) is 1.21. The summed E-state index contributed by atoms with van der Waals surface area (Å²) in [6.45, 7) is 4.29. The Bertz CT molecular complexity index is 181. The van der Waals surface area contributed by atoms with Crippen molar-refractivity contribution in [3.05, 3.63) is 12.2 Å². The van der Waals surface area contributed by atoms with E-state index in [9.17, 15) is 5.11 Å². The minimum absolute atomic E-state index is 0.0625. The van der Waals surface area contributed by atoms with Crippen LogP contribution in [-0.2, 0) is 0 Å². The molecular weight excluding hydrogens is 124 g/mol. The van der Waals surface area contributed by atoms with Crippen LogP contribution in [0.15, 0.2) is 12.2 Å². The van der Waals surface area contributed by atoms with Crippen LogP contribution in [0.4, 0.5) is 0 Å². The summed E-state index contributed by atoms with van der Waals surface area (Å²) in [6, 6.07) is 0. The fraction of sp³-hybridized carbons (Fsp3) is 0.778. The number of fused-ring (bicyclic) bond motifs is 1. The number of hydrogen-bond acceptors (Lipinski definition) is 1. The van der Waals surface area contributed by atoms with Crippen LogP contribution in [-0.4, -0.2) is 11.2 Å². The molecule has 0 radical (unpaired) electrons. The van der Waals surface area contributed by atoms with Gasteiger partial charge in [-0.3, -0.25) is 0 Å². The molecule has 2 rings (SSSR count). The Kier molecular flexibility index (Phi) is 1.06. The monoisotopic (exact) mass is 138 g/mol. The van der Waals surface area contributed by atoms with Gasteiger partial charge in [-0.1, -0.05) is 26.0 Å². The van der Waals surface area contributed by atoms with Gasteiger partial charge in [0.15, 0.2) is 0 Å². The Balaban J connectivity index is 2.21. The van der Waals surface area contributed by atoms with E-state index in [1.165, 1.54) is 0 Å². The van der Waals surface area contributed by atoms with Crippen LogP contribution >= 0.6 is 0 Å². The third-order valence-corrected chi connectivity index (χ3v) is 3.24. The van der Waals surface area contributed by atoms with Gasteiger partial charge in [0, 0.05) is 0 Å². The molecule has 2 aliphatic rings. The average Bonchev–Trinajstić information content (AvgIpc) is 2.31. The molecule has 0 aromatic carbocycles. The summed E-state index contributed by atoms with van der Waals surface area (Å²) in [5.41, 5.74) is 0.150. The molecule has 0 saturated heterocycles. The maximum atomic E-state index is 9.61. The lowest BCUT2D eigenvalue weighted by molar-refractivity contribution is -0.131. The SMILES string of the molecule is CC1(C)[C@H](O)[C@@H]2CC=C[C@@H]21. The van der Waals surface area contributed by atoms with Crippen LogP contribution in [0.1, 0.15) is 20.3 Å². The number of aliphatic hydroxyl groups excluding tert-OH is 1. The first-order valence-corrected chi connectivity index (χ1v) is 3.99. The van der Waals surface area contributed by atoms with E-state index in [2.05, 4.69) is 26.0 Å². The van der Waals surface area contributed by atoms with Gasteiger partial charge in [-0.15, -0.1) is 0 Å². The van der Waals surface area contributed by atoms with E-state index in [0.717, 1.165) is 6.42 Å². The number of rotatable bonds is 0. The van der Waals surface area contributed by atoms with E-state index >= 15 is 0 Å². The minimum Gasteiger partial charge on any atom is -0.392 e. The van der Waals surface area contributed by atoms with Gasteiger partial charge in [0.05, 0.1) is 6.10 Å². The van der Waals surface area contributed by atoms with Crippen LogP contribution in [0.5, 0.6) is 0 Å².